The Labute approximate surface area is 181 Å². The molecule has 5 rings (SSSR count). The largest absolute Gasteiger partial charge is 0.460 e. The molecule has 0 spiro atoms. The maximum atomic E-state index is 12.9. The van der Waals surface area contributed by atoms with E-state index in [-0.39, 0.29) is 12.6 Å². The summed E-state index contributed by atoms with van der Waals surface area (Å²) in [4.78, 5) is 29.6. The quantitative estimate of drug-likeness (QED) is 0.715. The fourth-order valence-electron chi connectivity index (χ4n) is 5.13. The van der Waals surface area contributed by atoms with Crippen molar-refractivity contribution in [1.29, 1.82) is 0 Å². The van der Waals surface area contributed by atoms with Gasteiger partial charge in [0.25, 0.3) is 0 Å². The van der Waals surface area contributed by atoms with Gasteiger partial charge in [0.05, 0.1) is 12.2 Å². The molecule has 3 aliphatic rings. The third-order valence-electron chi connectivity index (χ3n) is 6.62. The van der Waals surface area contributed by atoms with Gasteiger partial charge in [-0.25, -0.2) is 19.3 Å². The zero-order valence-electron chi connectivity index (χ0n) is 17.6. The Kier molecular flexibility index (Phi) is 5.61. The van der Waals surface area contributed by atoms with E-state index in [1.54, 1.807) is 0 Å². The molecule has 8 heteroatoms. The fourth-order valence-corrected chi connectivity index (χ4v) is 5.13. The molecule has 1 aromatic heterocycles. The highest BCUT2D eigenvalue weighted by atomic mass is 16.6. The Morgan fingerprint density at radius 3 is 2.42 bits per heavy atom. The first-order chi connectivity index (χ1) is 15.2. The number of ether oxygens (including phenoxy) is 2. The average molecular weight is 425 g/mol. The molecule has 0 bridgehead atoms. The number of hydrogen-bond acceptors (Lipinski definition) is 6. The minimum absolute atomic E-state index is 0.0734. The topological polar surface area (TPSA) is 95.3 Å². The Morgan fingerprint density at radius 2 is 1.77 bits per heavy atom. The van der Waals surface area contributed by atoms with Crippen LogP contribution >= 0.6 is 0 Å². The molecule has 0 aliphatic heterocycles. The highest BCUT2D eigenvalue weighted by Crippen LogP contribution is 2.38. The minimum atomic E-state index is -1.08. The molecule has 3 aliphatic carbocycles. The number of rotatable bonds is 6. The Morgan fingerprint density at radius 1 is 1.06 bits per heavy atom. The molecule has 2 aromatic rings. The second-order valence-corrected chi connectivity index (χ2v) is 8.71. The molecular formula is C23H28N4O4. The lowest BCUT2D eigenvalue weighted by Crippen LogP contribution is -2.36. The van der Waals surface area contributed by atoms with Gasteiger partial charge in [-0.2, -0.15) is 5.10 Å². The van der Waals surface area contributed by atoms with E-state index in [9.17, 15) is 9.59 Å². The molecule has 0 saturated heterocycles. The van der Waals surface area contributed by atoms with Crippen LogP contribution in [0.1, 0.15) is 60.8 Å². The van der Waals surface area contributed by atoms with Crippen molar-refractivity contribution in [1.82, 2.24) is 14.8 Å². The fraction of sp³-hybridized carbons (Fsp3) is 0.565. The summed E-state index contributed by atoms with van der Waals surface area (Å²) in [5.74, 6) is -0.527. The summed E-state index contributed by atoms with van der Waals surface area (Å²) in [5.41, 5.74) is 6.00. The van der Waals surface area contributed by atoms with Gasteiger partial charge in [0.2, 0.25) is 6.10 Å². The second-order valence-electron chi connectivity index (χ2n) is 8.71. The molecule has 1 fully saturated rings. The Balaban J connectivity index is 1.32. The van der Waals surface area contributed by atoms with Crippen molar-refractivity contribution < 1.29 is 19.1 Å². The van der Waals surface area contributed by atoms with Gasteiger partial charge in [-0.1, -0.05) is 6.07 Å². The normalized spacial score (nSPS) is 18.5. The minimum Gasteiger partial charge on any atom is -0.460 e. The molecule has 8 nitrogen and oxygen atoms in total. The number of benzene rings is 1. The highest BCUT2D eigenvalue weighted by Gasteiger charge is 2.31. The summed E-state index contributed by atoms with van der Waals surface area (Å²) < 4.78 is 12.7. The number of amides is 1. The summed E-state index contributed by atoms with van der Waals surface area (Å²) in [5, 5.41) is 7.03. The van der Waals surface area contributed by atoms with E-state index >= 15 is 0 Å². The number of aryl methyl sites for hydroxylation is 2. The third-order valence-corrected chi connectivity index (χ3v) is 6.62. The van der Waals surface area contributed by atoms with Crippen molar-refractivity contribution in [3.8, 4) is 0 Å². The number of hydrogen-bond donors (Lipinski definition) is 1. The van der Waals surface area contributed by atoms with Crippen LogP contribution in [-0.4, -0.2) is 39.0 Å². The molecule has 1 amide bonds. The maximum Gasteiger partial charge on any atom is 0.412 e. The highest BCUT2D eigenvalue weighted by molar-refractivity contribution is 5.90. The van der Waals surface area contributed by atoms with E-state index < -0.39 is 18.2 Å². The molecule has 0 radical (unpaired) electrons. The second kappa shape index (κ2) is 8.69. The van der Waals surface area contributed by atoms with Gasteiger partial charge < -0.3 is 9.47 Å². The number of carbonyl (C=O) groups is 2. The van der Waals surface area contributed by atoms with E-state index in [1.165, 1.54) is 39.6 Å². The first-order valence-corrected chi connectivity index (χ1v) is 11.3. The molecule has 31 heavy (non-hydrogen) atoms. The SMILES string of the molecule is O=C(Nc1c2c(cc3c1CCC3)CCC2)OC(Cn1cncn1)C(=O)OC1CCCC1. The van der Waals surface area contributed by atoms with Crippen molar-refractivity contribution in [3.63, 3.8) is 0 Å². The van der Waals surface area contributed by atoms with Crippen molar-refractivity contribution in [3.05, 3.63) is 41.0 Å². The summed E-state index contributed by atoms with van der Waals surface area (Å²) in [6.45, 7) is 0.0734. The molecule has 164 valence electrons. The van der Waals surface area contributed by atoms with Crippen molar-refractivity contribution in [2.45, 2.75) is 83.0 Å². The van der Waals surface area contributed by atoms with Crippen LogP contribution < -0.4 is 5.32 Å². The summed E-state index contributed by atoms with van der Waals surface area (Å²) >= 11 is 0. The van der Waals surface area contributed by atoms with Gasteiger partial charge in [-0.05, 0) is 86.5 Å². The molecule has 1 unspecified atom stereocenters. The van der Waals surface area contributed by atoms with E-state index in [2.05, 4.69) is 21.5 Å². The van der Waals surface area contributed by atoms with Crippen LogP contribution in [0.15, 0.2) is 18.7 Å². The van der Waals surface area contributed by atoms with Crippen LogP contribution in [0.5, 0.6) is 0 Å². The monoisotopic (exact) mass is 424 g/mol. The number of nitrogens with one attached hydrogen (secondary N) is 1. The van der Waals surface area contributed by atoms with Gasteiger partial charge >= 0.3 is 12.1 Å². The molecular weight excluding hydrogens is 396 g/mol. The van der Waals surface area contributed by atoms with Crippen LogP contribution in [-0.2, 0) is 46.5 Å². The zero-order chi connectivity index (χ0) is 21.2. The van der Waals surface area contributed by atoms with E-state index in [0.717, 1.165) is 69.9 Å². The lowest BCUT2D eigenvalue weighted by atomic mass is 9.99. The van der Waals surface area contributed by atoms with Crippen LogP contribution in [0.2, 0.25) is 0 Å². The predicted octanol–water partition coefficient (Wildman–Crippen LogP) is 3.36. The van der Waals surface area contributed by atoms with Gasteiger partial charge in [0, 0.05) is 0 Å². The maximum absolute atomic E-state index is 12.9. The van der Waals surface area contributed by atoms with Crippen molar-refractivity contribution in [2.24, 2.45) is 0 Å². The number of anilines is 1. The van der Waals surface area contributed by atoms with Crippen LogP contribution in [0.4, 0.5) is 10.5 Å². The van der Waals surface area contributed by atoms with E-state index in [4.69, 9.17) is 9.47 Å². The number of nitrogens with zero attached hydrogens (tertiary/aromatic N) is 3. The molecule has 1 atom stereocenters. The van der Waals surface area contributed by atoms with Gasteiger partial charge in [0.15, 0.2) is 0 Å². The van der Waals surface area contributed by atoms with E-state index in [1.807, 2.05) is 0 Å². The number of aromatic nitrogens is 3. The Hall–Kier alpha value is -2.90. The lowest BCUT2D eigenvalue weighted by Gasteiger charge is -2.21. The molecule has 1 aromatic carbocycles. The number of carbonyl (C=O) groups excluding carboxylic acids is 2. The predicted molar refractivity (Wildman–Crippen MR) is 113 cm³/mol. The standard InChI is InChI=1S/C23H28N4O4/c28-22(30-17-7-1-2-8-17)20(12-27-14-24-13-25-27)31-23(29)26-21-18-9-3-5-15(18)11-16-6-4-10-19(16)21/h11,13-14,17,20H,1-10,12H2,(H,26,29). The number of esters is 1. The molecule has 1 saturated carbocycles. The van der Waals surface area contributed by atoms with Gasteiger partial charge in [-0.15, -0.1) is 0 Å². The smallest absolute Gasteiger partial charge is 0.412 e. The van der Waals surface area contributed by atoms with Gasteiger partial charge in [-0.3, -0.25) is 5.32 Å². The summed E-state index contributed by atoms with van der Waals surface area (Å²) in [6.07, 6.45) is 11.1. The van der Waals surface area contributed by atoms with Gasteiger partial charge in [0.1, 0.15) is 18.8 Å². The Bertz CT molecular complexity index is 934. The lowest BCUT2D eigenvalue weighted by molar-refractivity contribution is -0.159. The van der Waals surface area contributed by atoms with Crippen LogP contribution in [0.25, 0.3) is 0 Å². The van der Waals surface area contributed by atoms with E-state index in [0.29, 0.717) is 0 Å². The van der Waals surface area contributed by atoms with Crippen LogP contribution in [0, 0.1) is 0 Å². The average Bonchev–Trinajstić information content (AvgIpc) is 3.54. The third kappa shape index (κ3) is 4.29. The zero-order valence-corrected chi connectivity index (χ0v) is 17.6. The first-order valence-electron chi connectivity index (χ1n) is 11.3. The molecule has 1 heterocycles. The van der Waals surface area contributed by atoms with Crippen LogP contribution in [0.3, 0.4) is 0 Å². The van der Waals surface area contributed by atoms with Crippen molar-refractivity contribution in [2.75, 3.05) is 5.32 Å². The summed E-state index contributed by atoms with van der Waals surface area (Å²) in [7, 11) is 0. The molecule has 1 N–H and O–H groups in total. The summed E-state index contributed by atoms with van der Waals surface area (Å²) in [6, 6.07) is 2.31. The number of fused-ring (bicyclic) bond motifs is 2. The first kappa shape index (κ1) is 20.0. The van der Waals surface area contributed by atoms with Crippen molar-refractivity contribution >= 4 is 17.7 Å².